The number of carboxylic acids is 1. The van der Waals surface area contributed by atoms with Crippen LogP contribution in [-0.2, 0) is 24.2 Å². The van der Waals surface area contributed by atoms with E-state index in [1.165, 1.54) is 12.4 Å². The molecule has 6 aromatic rings. The summed E-state index contributed by atoms with van der Waals surface area (Å²) in [5.74, 6) is 3.78. The van der Waals surface area contributed by atoms with Crippen molar-refractivity contribution in [2.24, 2.45) is 9.98 Å². The molecular weight excluding hydrogens is 708 g/mol. The number of aromatic carboxylic acids is 1. The summed E-state index contributed by atoms with van der Waals surface area (Å²) < 4.78 is 24.3. The summed E-state index contributed by atoms with van der Waals surface area (Å²) in [4.78, 5) is 44.4. The lowest BCUT2D eigenvalue weighted by Crippen LogP contribution is -2.11. The van der Waals surface area contributed by atoms with Crippen molar-refractivity contribution in [3.8, 4) is 36.1 Å². The van der Waals surface area contributed by atoms with E-state index in [1.54, 1.807) is 34.9 Å². The minimum absolute atomic E-state index is 0.0392. The van der Waals surface area contributed by atoms with Gasteiger partial charge >= 0.3 is 11.9 Å². The van der Waals surface area contributed by atoms with Crippen LogP contribution in [0.1, 0.15) is 90.8 Å². The van der Waals surface area contributed by atoms with E-state index in [0.29, 0.717) is 76.5 Å². The van der Waals surface area contributed by atoms with Crippen LogP contribution in [0.15, 0.2) is 107 Å². The molecule has 0 atom stereocenters. The van der Waals surface area contributed by atoms with E-state index in [4.69, 9.17) is 27.6 Å². The maximum atomic E-state index is 15.0. The van der Waals surface area contributed by atoms with Crippen LogP contribution in [0.5, 0.6) is 0 Å². The van der Waals surface area contributed by atoms with Crippen molar-refractivity contribution in [1.29, 1.82) is 0 Å². The average Bonchev–Trinajstić information content (AvgIpc) is 3.72. The van der Waals surface area contributed by atoms with Gasteiger partial charge in [-0.15, -0.1) is 12.8 Å². The monoisotopic (exact) mass is 740 g/mol. The van der Waals surface area contributed by atoms with Gasteiger partial charge in [0.05, 0.1) is 53.9 Å². The Labute approximate surface area is 322 Å². The molecule has 0 fully saturated rings. The number of carboxylic acid groups (broad SMARTS) is 1. The van der Waals surface area contributed by atoms with Gasteiger partial charge in [0.15, 0.2) is 11.4 Å². The predicted octanol–water partition coefficient (Wildman–Crippen LogP) is 7.13. The molecule has 0 bridgehead atoms. The maximum absolute atomic E-state index is 15.0. The highest BCUT2D eigenvalue weighted by Crippen LogP contribution is 2.31. The highest BCUT2D eigenvalue weighted by Gasteiger charge is 2.29. The van der Waals surface area contributed by atoms with Crippen molar-refractivity contribution in [1.82, 2.24) is 19.1 Å². The zero-order chi connectivity index (χ0) is 38.8. The molecule has 4 heterocycles. The van der Waals surface area contributed by atoms with Gasteiger partial charge in [0.1, 0.15) is 18.0 Å². The first-order valence-corrected chi connectivity index (χ1v) is 18.1. The summed E-state index contributed by atoms with van der Waals surface area (Å²) in [6.07, 6.45) is 15.4. The molecule has 4 aromatic carbocycles. The van der Waals surface area contributed by atoms with Crippen LogP contribution in [0, 0.1) is 30.5 Å². The number of rotatable bonds is 10. The van der Waals surface area contributed by atoms with Gasteiger partial charge in [-0.3, -0.25) is 19.1 Å². The number of aromatic nitrogens is 4. The quantitative estimate of drug-likeness (QED) is 0.0906. The van der Waals surface area contributed by atoms with Crippen molar-refractivity contribution in [3.63, 3.8) is 0 Å². The molecule has 2 aromatic heterocycles. The second kappa shape index (κ2) is 15.2. The van der Waals surface area contributed by atoms with E-state index in [1.807, 2.05) is 59.2 Å². The highest BCUT2D eigenvalue weighted by atomic mass is 19.1. The Hall–Kier alpha value is -7.37. The smallest absolute Gasteiger partial charge is 0.358 e. The number of nitrogens with zero attached hydrogens (tertiary/aromatic N) is 6. The highest BCUT2D eigenvalue weighted by molar-refractivity contribution is 6.16. The minimum Gasteiger partial charge on any atom is -0.476 e. The number of aryl methyl sites for hydroxylation is 1. The molecule has 274 valence electrons. The van der Waals surface area contributed by atoms with E-state index >= 15 is 0 Å². The normalized spacial score (nSPS) is 12.6. The van der Waals surface area contributed by atoms with Crippen molar-refractivity contribution < 1.29 is 23.8 Å². The van der Waals surface area contributed by atoms with Gasteiger partial charge in [0.25, 0.3) is 0 Å². The van der Waals surface area contributed by atoms with E-state index in [9.17, 15) is 19.1 Å². The molecular formula is C45H33FN6O4. The van der Waals surface area contributed by atoms with Gasteiger partial charge in [0.2, 0.25) is 0 Å². The number of hydrogen-bond donors (Lipinski definition) is 1. The maximum Gasteiger partial charge on any atom is 0.358 e. The summed E-state index contributed by atoms with van der Waals surface area (Å²) in [5, 5.41) is 10.1. The lowest BCUT2D eigenvalue weighted by molar-refractivity contribution is 0.0489. The van der Waals surface area contributed by atoms with Crippen molar-refractivity contribution in [3.05, 3.63) is 165 Å². The first kappa shape index (κ1) is 35.6. The average molecular weight is 741 g/mol. The predicted molar refractivity (Wildman–Crippen MR) is 209 cm³/mol. The lowest BCUT2D eigenvalue weighted by atomic mass is 9.98. The molecule has 8 rings (SSSR count). The zero-order valence-corrected chi connectivity index (χ0v) is 30.1. The van der Waals surface area contributed by atoms with E-state index in [2.05, 4.69) is 21.8 Å². The second-order valence-electron chi connectivity index (χ2n) is 13.2. The third-order valence-corrected chi connectivity index (χ3v) is 9.87. The number of aliphatic imine (C=N–C) groups is 2. The number of fused-ring (bicyclic) bond motifs is 6. The Kier molecular flexibility index (Phi) is 9.66. The molecule has 0 aliphatic carbocycles. The first-order valence-electron chi connectivity index (χ1n) is 18.1. The molecule has 1 N–H and O–H groups in total. The Bertz CT molecular complexity index is 2690. The Morgan fingerprint density at radius 3 is 2.18 bits per heavy atom. The standard InChI is InChI=1S/C45H33FN6O4/c1-3-28-18-20-35-32(23-28)41(31-15-10-11-16-34(31)46)48-25-37-43(49-27-51(35)37)45(55)56-22-12-6-9-17-39-50-42(44(53)54)38-26-47-40(30-13-7-5-8-14-30)33-24-29(4-2)19-21-36(33)52(38)39/h1-2,5,7-8,10-11,13-16,18-21,23-24,27H,6,9,12,17,22,25-26H2,(H,53,54). The topological polar surface area (TPSA) is 124 Å². The second-order valence-corrected chi connectivity index (χ2v) is 13.2. The van der Waals surface area contributed by atoms with Crippen LogP contribution in [0.4, 0.5) is 4.39 Å². The number of terminal acetylenes is 2. The van der Waals surface area contributed by atoms with E-state index in [-0.39, 0.29) is 31.1 Å². The largest absolute Gasteiger partial charge is 0.476 e. The molecule has 0 saturated carbocycles. The zero-order valence-electron chi connectivity index (χ0n) is 30.1. The molecule has 56 heavy (non-hydrogen) atoms. The number of esters is 1. The Morgan fingerprint density at radius 2 is 1.45 bits per heavy atom. The van der Waals surface area contributed by atoms with Gasteiger partial charge in [-0.05, 0) is 67.8 Å². The van der Waals surface area contributed by atoms with Crippen LogP contribution < -0.4 is 0 Å². The number of unbranched alkanes of at least 4 members (excludes halogenated alkanes) is 2. The van der Waals surface area contributed by atoms with Crippen LogP contribution in [0.25, 0.3) is 11.4 Å². The van der Waals surface area contributed by atoms with Gasteiger partial charge in [-0.1, -0.05) is 54.3 Å². The van der Waals surface area contributed by atoms with Gasteiger partial charge in [-0.25, -0.2) is 23.9 Å². The number of hydrogen-bond acceptors (Lipinski definition) is 7. The fourth-order valence-corrected chi connectivity index (χ4v) is 7.21. The molecule has 0 amide bonds. The van der Waals surface area contributed by atoms with Gasteiger partial charge < -0.3 is 9.84 Å². The van der Waals surface area contributed by atoms with Crippen LogP contribution in [0.2, 0.25) is 0 Å². The Balaban J connectivity index is 0.970. The molecule has 2 aliphatic rings. The SMILES string of the molecule is C#Cc1ccc2c(c1)C(c1ccccc1F)=NCc1c(C(=O)OCCCCCc3nc(C(=O)O)c4n3-c3ccc(C#C)cc3C(c3ccccc3)=NC4)ncn1-2. The molecule has 11 heteroatoms. The molecule has 0 unspecified atom stereocenters. The van der Waals surface area contributed by atoms with E-state index in [0.717, 1.165) is 22.5 Å². The van der Waals surface area contributed by atoms with Crippen molar-refractivity contribution in [2.75, 3.05) is 6.61 Å². The van der Waals surface area contributed by atoms with E-state index < -0.39 is 17.8 Å². The molecule has 10 nitrogen and oxygen atoms in total. The number of benzene rings is 4. The third kappa shape index (κ3) is 6.56. The summed E-state index contributed by atoms with van der Waals surface area (Å²) in [5.41, 5.74) is 7.57. The molecule has 0 radical (unpaired) electrons. The number of carbonyl (C=O) groups is 2. The summed E-state index contributed by atoms with van der Waals surface area (Å²) in [6, 6.07) is 27.1. The van der Waals surface area contributed by atoms with Crippen molar-refractivity contribution >= 4 is 23.4 Å². The molecule has 0 saturated heterocycles. The number of carbonyl (C=O) groups excluding carboxylic acids is 1. The third-order valence-electron chi connectivity index (χ3n) is 9.87. The van der Waals surface area contributed by atoms with Gasteiger partial charge in [-0.2, -0.15) is 0 Å². The Morgan fingerprint density at radius 1 is 0.768 bits per heavy atom. The summed E-state index contributed by atoms with van der Waals surface area (Å²) in [6.45, 7) is 0.329. The lowest BCUT2D eigenvalue weighted by Gasteiger charge is -2.15. The minimum atomic E-state index is -1.13. The summed E-state index contributed by atoms with van der Waals surface area (Å²) in [7, 11) is 0. The molecule has 0 spiro atoms. The first-order chi connectivity index (χ1) is 27.4. The van der Waals surface area contributed by atoms with Crippen molar-refractivity contribution in [2.45, 2.75) is 38.8 Å². The number of ether oxygens (including phenoxy) is 1. The number of halogens is 1. The summed E-state index contributed by atoms with van der Waals surface area (Å²) >= 11 is 0. The molecule has 2 aliphatic heterocycles. The fraction of sp³-hybridized carbons (Fsp3) is 0.156. The van der Waals surface area contributed by atoms with Gasteiger partial charge in [0, 0.05) is 39.8 Å². The number of imidazole rings is 2. The van der Waals surface area contributed by atoms with Crippen LogP contribution in [-0.4, -0.2) is 54.2 Å². The van der Waals surface area contributed by atoms with Crippen LogP contribution in [0.3, 0.4) is 0 Å². The van der Waals surface area contributed by atoms with Crippen LogP contribution >= 0.6 is 0 Å². The fourth-order valence-electron chi connectivity index (χ4n) is 7.21.